The highest BCUT2D eigenvalue weighted by molar-refractivity contribution is 5.95. The summed E-state index contributed by atoms with van der Waals surface area (Å²) in [6.45, 7) is 3.75. The lowest BCUT2D eigenvalue weighted by molar-refractivity contribution is -0.384. The summed E-state index contributed by atoms with van der Waals surface area (Å²) in [5.74, 6) is 0.0995. The van der Waals surface area contributed by atoms with Gasteiger partial charge in [0, 0.05) is 30.6 Å². The third-order valence-electron chi connectivity index (χ3n) is 4.29. The maximum atomic E-state index is 12.5. The van der Waals surface area contributed by atoms with Crippen molar-refractivity contribution in [2.75, 3.05) is 6.54 Å². The summed E-state index contributed by atoms with van der Waals surface area (Å²) in [6, 6.07) is 11.2. The van der Waals surface area contributed by atoms with Crippen LogP contribution in [0.4, 0.5) is 5.69 Å². The number of aliphatic hydroxyl groups is 1. The molecule has 9 nitrogen and oxygen atoms in total. The summed E-state index contributed by atoms with van der Waals surface area (Å²) in [7, 11) is 0. The summed E-state index contributed by atoms with van der Waals surface area (Å²) in [4.78, 5) is 27.2. The number of benzene rings is 2. The van der Waals surface area contributed by atoms with Crippen LogP contribution in [0.3, 0.4) is 0 Å². The van der Waals surface area contributed by atoms with E-state index in [1.807, 2.05) is 13.8 Å². The van der Waals surface area contributed by atoms with Gasteiger partial charge < -0.3 is 19.7 Å². The van der Waals surface area contributed by atoms with Crippen molar-refractivity contribution in [3.05, 3.63) is 82.4 Å². The van der Waals surface area contributed by atoms with Crippen LogP contribution >= 0.6 is 0 Å². The van der Waals surface area contributed by atoms with Crippen molar-refractivity contribution >= 4 is 11.6 Å². The summed E-state index contributed by atoms with van der Waals surface area (Å²) >= 11 is 0. The molecule has 1 heterocycles. The number of hydrogen-bond acceptors (Lipinski definition) is 6. The van der Waals surface area contributed by atoms with E-state index in [1.165, 1.54) is 35.3 Å². The van der Waals surface area contributed by atoms with E-state index in [-0.39, 0.29) is 23.9 Å². The molecule has 0 saturated carbocycles. The molecule has 1 unspecified atom stereocenters. The van der Waals surface area contributed by atoms with Gasteiger partial charge in [-0.1, -0.05) is 12.1 Å². The Hall–Kier alpha value is -3.72. The van der Waals surface area contributed by atoms with Gasteiger partial charge in [-0.05, 0) is 43.7 Å². The molecule has 0 saturated heterocycles. The fourth-order valence-electron chi connectivity index (χ4n) is 2.91. The van der Waals surface area contributed by atoms with Crippen molar-refractivity contribution in [3.8, 4) is 11.4 Å². The minimum absolute atomic E-state index is 0.00169. The second-order valence-corrected chi connectivity index (χ2v) is 6.90. The molecule has 156 valence electrons. The minimum atomic E-state index is -0.954. The van der Waals surface area contributed by atoms with Crippen LogP contribution in [0, 0.1) is 10.1 Å². The summed E-state index contributed by atoms with van der Waals surface area (Å²) in [5.41, 5.74) is 0.792. The van der Waals surface area contributed by atoms with Crippen molar-refractivity contribution in [1.29, 1.82) is 0 Å². The normalized spacial score (nSPS) is 11.9. The van der Waals surface area contributed by atoms with E-state index in [1.54, 1.807) is 30.5 Å². The number of imidazole rings is 1. The number of nitro benzene ring substituents is 1. The molecule has 0 bridgehead atoms. The number of amides is 1. The zero-order chi connectivity index (χ0) is 21.7. The second-order valence-electron chi connectivity index (χ2n) is 6.90. The van der Waals surface area contributed by atoms with Gasteiger partial charge >= 0.3 is 0 Å². The van der Waals surface area contributed by atoms with Crippen molar-refractivity contribution in [2.45, 2.75) is 26.1 Å². The zero-order valence-corrected chi connectivity index (χ0v) is 16.6. The molecule has 1 amide bonds. The summed E-state index contributed by atoms with van der Waals surface area (Å²) in [6.07, 6.45) is 3.57. The van der Waals surface area contributed by atoms with E-state index in [4.69, 9.17) is 4.74 Å². The van der Waals surface area contributed by atoms with Crippen molar-refractivity contribution < 1.29 is 19.6 Å². The minimum Gasteiger partial charge on any atom is -0.491 e. The van der Waals surface area contributed by atoms with E-state index in [2.05, 4.69) is 10.3 Å². The first-order chi connectivity index (χ1) is 14.3. The highest BCUT2D eigenvalue weighted by Gasteiger charge is 2.19. The van der Waals surface area contributed by atoms with Crippen LogP contribution in [0.15, 0.2) is 61.2 Å². The number of rotatable bonds is 8. The number of carbonyl (C=O) groups is 1. The predicted octanol–water partition coefficient (Wildman–Crippen LogP) is 3.03. The molecule has 0 radical (unpaired) electrons. The van der Waals surface area contributed by atoms with Crippen molar-refractivity contribution in [2.24, 2.45) is 0 Å². The highest BCUT2D eigenvalue weighted by Crippen LogP contribution is 2.24. The quantitative estimate of drug-likeness (QED) is 0.435. The first kappa shape index (κ1) is 21.0. The number of aromatic nitrogens is 2. The number of nitrogens with zero attached hydrogens (tertiary/aromatic N) is 3. The van der Waals surface area contributed by atoms with Crippen LogP contribution < -0.4 is 10.1 Å². The molecule has 1 atom stereocenters. The Bertz CT molecular complexity index is 1030. The van der Waals surface area contributed by atoms with Gasteiger partial charge in [-0.25, -0.2) is 4.98 Å². The third-order valence-corrected chi connectivity index (χ3v) is 4.29. The first-order valence-electron chi connectivity index (χ1n) is 9.35. The predicted molar refractivity (Wildman–Crippen MR) is 110 cm³/mol. The average molecular weight is 410 g/mol. The van der Waals surface area contributed by atoms with E-state index >= 15 is 0 Å². The Morgan fingerprint density at radius 2 is 2.10 bits per heavy atom. The monoisotopic (exact) mass is 410 g/mol. The Morgan fingerprint density at radius 1 is 1.30 bits per heavy atom. The Labute approximate surface area is 173 Å². The SMILES string of the molecule is CC(C)Oc1cccc(C(O)CNC(=O)c2ccc(-n3ccnc3)c([N+](=O)[O-])c2)c1. The molecule has 9 heteroatoms. The first-order valence-corrected chi connectivity index (χ1v) is 9.35. The number of aliphatic hydroxyl groups excluding tert-OH is 1. The molecule has 1 aromatic heterocycles. The Balaban J connectivity index is 1.70. The second kappa shape index (κ2) is 9.19. The molecule has 3 rings (SSSR count). The summed E-state index contributed by atoms with van der Waals surface area (Å²) in [5, 5.41) is 24.4. The maximum absolute atomic E-state index is 12.5. The van der Waals surface area contributed by atoms with Crippen LogP contribution in [-0.2, 0) is 0 Å². The molecular formula is C21H22N4O5. The van der Waals surface area contributed by atoms with Crippen LogP contribution in [-0.4, -0.2) is 38.1 Å². The third kappa shape index (κ3) is 5.00. The number of ether oxygens (including phenoxy) is 1. The lowest BCUT2D eigenvalue weighted by atomic mass is 10.1. The number of nitro groups is 1. The Morgan fingerprint density at radius 3 is 2.77 bits per heavy atom. The largest absolute Gasteiger partial charge is 0.491 e. The molecule has 0 aliphatic carbocycles. The molecular weight excluding hydrogens is 388 g/mol. The zero-order valence-electron chi connectivity index (χ0n) is 16.6. The molecule has 3 aromatic rings. The van der Waals surface area contributed by atoms with E-state index in [0.29, 0.717) is 17.0 Å². The lowest BCUT2D eigenvalue weighted by Gasteiger charge is -2.15. The Kier molecular flexibility index (Phi) is 6.43. The van der Waals surface area contributed by atoms with Crippen LogP contribution in [0.5, 0.6) is 5.75 Å². The van der Waals surface area contributed by atoms with Gasteiger partial charge in [-0.3, -0.25) is 14.9 Å². The van der Waals surface area contributed by atoms with Gasteiger partial charge in [0.05, 0.1) is 23.5 Å². The topological polar surface area (TPSA) is 120 Å². The highest BCUT2D eigenvalue weighted by atomic mass is 16.6. The van der Waals surface area contributed by atoms with E-state index < -0.39 is 16.9 Å². The molecule has 30 heavy (non-hydrogen) atoms. The van der Waals surface area contributed by atoms with Gasteiger partial charge in [-0.2, -0.15) is 0 Å². The molecule has 0 aliphatic heterocycles. The molecule has 0 aliphatic rings. The molecule has 2 N–H and O–H groups in total. The summed E-state index contributed by atoms with van der Waals surface area (Å²) < 4.78 is 7.10. The molecule has 2 aromatic carbocycles. The average Bonchev–Trinajstić information content (AvgIpc) is 3.25. The fraction of sp³-hybridized carbons (Fsp3) is 0.238. The smallest absolute Gasteiger partial charge is 0.294 e. The number of hydrogen-bond donors (Lipinski definition) is 2. The van der Waals surface area contributed by atoms with Gasteiger partial charge in [0.15, 0.2) is 0 Å². The molecule has 0 fully saturated rings. The molecule has 0 spiro atoms. The standard InChI is InChI=1S/C21H22N4O5/c1-14(2)30-17-5-3-4-15(10-17)20(26)12-23-21(27)16-6-7-18(19(11-16)25(28)29)24-9-8-22-13-24/h3-11,13-14,20,26H,12H2,1-2H3,(H,23,27). The van der Waals surface area contributed by atoms with Crippen molar-refractivity contribution in [1.82, 2.24) is 14.9 Å². The fourth-order valence-corrected chi connectivity index (χ4v) is 2.91. The number of nitrogens with one attached hydrogen (secondary N) is 1. The number of carbonyl (C=O) groups excluding carboxylic acids is 1. The van der Waals surface area contributed by atoms with Gasteiger partial charge in [0.1, 0.15) is 11.4 Å². The van der Waals surface area contributed by atoms with Gasteiger partial charge in [0.25, 0.3) is 11.6 Å². The van der Waals surface area contributed by atoms with Gasteiger partial charge in [-0.15, -0.1) is 0 Å². The van der Waals surface area contributed by atoms with Crippen molar-refractivity contribution in [3.63, 3.8) is 0 Å². The van der Waals surface area contributed by atoms with E-state index in [0.717, 1.165) is 0 Å². The van der Waals surface area contributed by atoms with Crippen LogP contribution in [0.2, 0.25) is 0 Å². The lowest BCUT2D eigenvalue weighted by Crippen LogP contribution is -2.28. The maximum Gasteiger partial charge on any atom is 0.294 e. The van der Waals surface area contributed by atoms with E-state index in [9.17, 15) is 20.0 Å². The van der Waals surface area contributed by atoms with Crippen LogP contribution in [0.25, 0.3) is 5.69 Å². The van der Waals surface area contributed by atoms with Crippen LogP contribution in [0.1, 0.15) is 35.9 Å². The van der Waals surface area contributed by atoms with Gasteiger partial charge in [0.2, 0.25) is 0 Å².